The van der Waals surface area contributed by atoms with Crippen LogP contribution in [0.15, 0.2) is 29.6 Å². The van der Waals surface area contributed by atoms with E-state index in [4.69, 9.17) is 23.2 Å². The molecule has 0 bridgehead atoms. The molecule has 108 valence electrons. The number of hydrogen-bond acceptors (Lipinski definition) is 3. The zero-order chi connectivity index (χ0) is 15.4. The maximum absolute atomic E-state index is 9.37. The first-order chi connectivity index (χ1) is 10.1. The molecule has 1 aromatic carbocycles. The molecule has 0 fully saturated rings. The fraction of sp³-hybridized carbons (Fsp3) is 0.200. The van der Waals surface area contributed by atoms with Gasteiger partial charge in [0.05, 0.1) is 33.6 Å². The smallest absolute Gasteiger partial charge is 0.168 e. The molecule has 0 amide bonds. The number of benzene rings is 1. The molecule has 21 heavy (non-hydrogen) atoms. The highest BCUT2D eigenvalue weighted by atomic mass is 35.5. The van der Waals surface area contributed by atoms with Gasteiger partial charge in [-0.15, -0.1) is 0 Å². The standard InChI is InChI=1S/C15H13Cl2N3S/c1-3-21-15-19-9-12(20(15)2)6-11(8-18)10-4-5-13(16)14(17)7-10/h4-7,9H,3H2,1-2H3/b11-6+. The molecule has 0 aliphatic carbocycles. The Morgan fingerprint density at radius 1 is 1.43 bits per heavy atom. The van der Waals surface area contributed by atoms with Crippen LogP contribution in [0.3, 0.4) is 0 Å². The SMILES string of the molecule is CCSc1ncc(/C=C(\C#N)c2ccc(Cl)c(Cl)c2)n1C. The van der Waals surface area contributed by atoms with Crippen molar-refractivity contribution in [2.45, 2.75) is 12.1 Å². The molecule has 0 aliphatic rings. The van der Waals surface area contributed by atoms with Crippen LogP contribution in [0.4, 0.5) is 0 Å². The van der Waals surface area contributed by atoms with Gasteiger partial charge >= 0.3 is 0 Å². The van der Waals surface area contributed by atoms with Crippen LogP contribution in [0.2, 0.25) is 10.0 Å². The minimum Gasteiger partial charge on any atom is -0.323 e. The molecule has 0 saturated carbocycles. The molecule has 6 heteroatoms. The topological polar surface area (TPSA) is 41.6 Å². The predicted molar refractivity (Wildman–Crippen MR) is 89.6 cm³/mol. The zero-order valence-electron chi connectivity index (χ0n) is 11.6. The van der Waals surface area contributed by atoms with Gasteiger partial charge in [0.25, 0.3) is 0 Å². The molecule has 0 unspecified atom stereocenters. The lowest BCUT2D eigenvalue weighted by molar-refractivity contribution is 0.783. The van der Waals surface area contributed by atoms with Gasteiger partial charge in [-0.3, -0.25) is 0 Å². The third-order valence-electron chi connectivity index (χ3n) is 2.90. The van der Waals surface area contributed by atoms with Crippen LogP contribution in [-0.2, 0) is 7.05 Å². The van der Waals surface area contributed by atoms with E-state index in [-0.39, 0.29) is 0 Å². The van der Waals surface area contributed by atoms with E-state index in [0.29, 0.717) is 15.6 Å². The van der Waals surface area contributed by atoms with Crippen LogP contribution < -0.4 is 0 Å². The molecule has 0 atom stereocenters. The zero-order valence-corrected chi connectivity index (χ0v) is 13.9. The highest BCUT2D eigenvalue weighted by Gasteiger charge is 2.08. The van der Waals surface area contributed by atoms with Gasteiger partial charge in [-0.1, -0.05) is 48.0 Å². The first kappa shape index (κ1) is 16.0. The Morgan fingerprint density at radius 2 is 2.19 bits per heavy atom. The number of halogens is 2. The van der Waals surface area contributed by atoms with Crippen molar-refractivity contribution in [1.29, 1.82) is 5.26 Å². The van der Waals surface area contributed by atoms with Gasteiger partial charge in [-0.2, -0.15) is 5.26 Å². The van der Waals surface area contributed by atoms with Crippen molar-refractivity contribution < 1.29 is 0 Å². The van der Waals surface area contributed by atoms with Gasteiger partial charge in [0.1, 0.15) is 0 Å². The van der Waals surface area contributed by atoms with Crippen molar-refractivity contribution in [3.63, 3.8) is 0 Å². The predicted octanol–water partition coefficient (Wildman–Crippen LogP) is 4.90. The first-order valence-electron chi connectivity index (χ1n) is 6.28. The van der Waals surface area contributed by atoms with E-state index >= 15 is 0 Å². The molecule has 0 N–H and O–H groups in total. The number of nitriles is 1. The average Bonchev–Trinajstić information content (AvgIpc) is 2.81. The van der Waals surface area contributed by atoms with E-state index in [1.807, 2.05) is 11.6 Å². The van der Waals surface area contributed by atoms with E-state index < -0.39 is 0 Å². The number of hydrogen-bond donors (Lipinski definition) is 0. The third kappa shape index (κ3) is 3.62. The van der Waals surface area contributed by atoms with Crippen molar-refractivity contribution in [3.8, 4) is 6.07 Å². The number of aromatic nitrogens is 2. The van der Waals surface area contributed by atoms with Crippen molar-refractivity contribution in [3.05, 3.63) is 45.7 Å². The van der Waals surface area contributed by atoms with Crippen LogP contribution in [0.25, 0.3) is 11.6 Å². The summed E-state index contributed by atoms with van der Waals surface area (Å²) in [6.45, 7) is 2.07. The Bertz CT molecular complexity index is 729. The molecule has 1 heterocycles. The van der Waals surface area contributed by atoms with Gasteiger partial charge in [0.2, 0.25) is 0 Å². The van der Waals surface area contributed by atoms with Gasteiger partial charge in [0.15, 0.2) is 5.16 Å². The average molecular weight is 338 g/mol. The Balaban J connectivity index is 2.41. The monoisotopic (exact) mass is 337 g/mol. The van der Waals surface area contributed by atoms with E-state index in [1.165, 1.54) is 0 Å². The van der Waals surface area contributed by atoms with E-state index in [1.54, 1.807) is 42.2 Å². The molecule has 0 radical (unpaired) electrons. The maximum Gasteiger partial charge on any atom is 0.168 e. The second-order valence-corrected chi connectivity index (χ2v) is 6.30. The van der Waals surface area contributed by atoms with Gasteiger partial charge < -0.3 is 4.57 Å². The molecule has 2 aromatic rings. The quantitative estimate of drug-likeness (QED) is 0.588. The van der Waals surface area contributed by atoms with Gasteiger partial charge in [-0.25, -0.2) is 4.98 Å². The number of rotatable bonds is 4. The summed E-state index contributed by atoms with van der Waals surface area (Å²) in [6.07, 6.45) is 3.55. The minimum absolute atomic E-state index is 0.433. The lowest BCUT2D eigenvalue weighted by Gasteiger charge is -2.04. The largest absolute Gasteiger partial charge is 0.323 e. The summed E-state index contributed by atoms with van der Waals surface area (Å²) >= 11 is 13.6. The second-order valence-electron chi connectivity index (χ2n) is 4.26. The summed E-state index contributed by atoms with van der Waals surface area (Å²) in [7, 11) is 1.93. The van der Waals surface area contributed by atoms with Crippen LogP contribution in [0, 0.1) is 11.3 Å². The fourth-order valence-corrected chi connectivity index (χ4v) is 2.78. The van der Waals surface area contributed by atoms with Crippen molar-refractivity contribution in [2.75, 3.05) is 5.75 Å². The summed E-state index contributed by atoms with van der Waals surface area (Å²) in [5.74, 6) is 0.950. The molecule has 3 nitrogen and oxygen atoms in total. The number of thioether (sulfide) groups is 1. The fourth-order valence-electron chi connectivity index (χ4n) is 1.79. The van der Waals surface area contributed by atoms with Crippen molar-refractivity contribution in [2.24, 2.45) is 7.05 Å². The molecule has 0 saturated heterocycles. The summed E-state index contributed by atoms with van der Waals surface area (Å²) in [6, 6.07) is 7.35. The van der Waals surface area contributed by atoms with Gasteiger partial charge in [-0.05, 0) is 29.5 Å². The second kappa shape index (κ2) is 7.04. The lowest BCUT2D eigenvalue weighted by atomic mass is 10.1. The Morgan fingerprint density at radius 3 is 2.81 bits per heavy atom. The Kier molecular flexibility index (Phi) is 5.35. The normalized spacial score (nSPS) is 11.5. The molecular weight excluding hydrogens is 325 g/mol. The Hall–Kier alpha value is -1.41. The van der Waals surface area contributed by atoms with Crippen LogP contribution in [0.1, 0.15) is 18.2 Å². The van der Waals surface area contributed by atoms with Crippen LogP contribution in [0.5, 0.6) is 0 Å². The lowest BCUT2D eigenvalue weighted by Crippen LogP contribution is -1.94. The molecule has 0 spiro atoms. The third-order valence-corrected chi connectivity index (χ3v) is 4.56. The van der Waals surface area contributed by atoms with E-state index in [0.717, 1.165) is 22.2 Å². The minimum atomic E-state index is 0.433. The van der Waals surface area contributed by atoms with E-state index in [9.17, 15) is 5.26 Å². The highest BCUT2D eigenvalue weighted by molar-refractivity contribution is 7.99. The molecular formula is C15H13Cl2N3S. The summed E-state index contributed by atoms with van der Waals surface area (Å²) in [5, 5.41) is 11.2. The highest BCUT2D eigenvalue weighted by Crippen LogP contribution is 2.27. The van der Waals surface area contributed by atoms with E-state index in [2.05, 4.69) is 18.0 Å². The summed E-state index contributed by atoms with van der Waals surface area (Å²) in [4.78, 5) is 4.34. The summed E-state index contributed by atoms with van der Waals surface area (Å²) < 4.78 is 1.96. The number of nitrogens with zero attached hydrogens (tertiary/aromatic N) is 3. The van der Waals surface area contributed by atoms with Crippen molar-refractivity contribution in [1.82, 2.24) is 9.55 Å². The maximum atomic E-state index is 9.37. The van der Waals surface area contributed by atoms with Crippen molar-refractivity contribution >= 4 is 46.6 Å². The van der Waals surface area contributed by atoms with Crippen LogP contribution in [-0.4, -0.2) is 15.3 Å². The number of allylic oxidation sites excluding steroid dienone is 1. The molecule has 2 rings (SSSR count). The molecule has 1 aromatic heterocycles. The van der Waals surface area contributed by atoms with Gasteiger partial charge in [0, 0.05) is 7.05 Å². The summed E-state index contributed by atoms with van der Waals surface area (Å²) in [5.41, 5.74) is 2.12. The Labute approximate surface area is 138 Å². The van der Waals surface area contributed by atoms with Crippen LogP contribution >= 0.6 is 35.0 Å². The molecule has 0 aliphatic heterocycles. The first-order valence-corrected chi connectivity index (χ1v) is 8.02. The number of imidazole rings is 1.